The lowest BCUT2D eigenvalue weighted by molar-refractivity contribution is -0.0164. The van der Waals surface area contributed by atoms with E-state index in [4.69, 9.17) is 0 Å². The Morgan fingerprint density at radius 3 is 2.43 bits per heavy atom. The van der Waals surface area contributed by atoms with Gasteiger partial charge < -0.3 is 4.37 Å². The molecular weight excluding hydrogens is 107 g/mol. The summed E-state index contributed by atoms with van der Waals surface area (Å²) in [6.07, 6.45) is 2.35. The fraction of sp³-hybridized carbons (Fsp3) is 0.800. The summed E-state index contributed by atoms with van der Waals surface area (Å²) >= 11 is 0. The second-order valence-corrected chi connectivity index (χ2v) is 2.21. The monoisotopic (exact) mass is 120 g/mol. The largest absolute Gasteiger partial charge is 0.573 e. The molecule has 2 heteroatoms. The van der Waals surface area contributed by atoms with Gasteiger partial charge in [0.25, 0.3) is 0 Å². The molecule has 0 aromatic heterocycles. The average Bonchev–Trinajstić information content (AvgIpc) is 1.61. The van der Waals surface area contributed by atoms with E-state index in [1.54, 1.807) is 0 Å². The Hall–Kier alpha value is 0.390. The molecule has 0 saturated carbocycles. The molecule has 0 aromatic carbocycles. The van der Waals surface area contributed by atoms with Crippen molar-refractivity contribution in [2.24, 2.45) is 0 Å². The maximum Gasteiger partial charge on any atom is 0.120 e. The molecule has 0 aliphatic carbocycles. The van der Waals surface area contributed by atoms with Crippen LogP contribution < -0.4 is 0 Å². The molecule has 1 unspecified atom stereocenters. The number of hydrogen-bond acceptors (Lipinski definition) is 0. The van der Waals surface area contributed by atoms with Crippen molar-refractivity contribution in [3.8, 4) is 0 Å². The molecule has 0 aromatic rings. The van der Waals surface area contributed by atoms with Gasteiger partial charge in [-0.25, -0.2) is 0 Å². The lowest BCUT2D eigenvalue weighted by atomic mass is 10.5. The van der Waals surface area contributed by atoms with Crippen molar-refractivity contribution >= 4 is 9.24 Å². The van der Waals surface area contributed by atoms with Gasteiger partial charge in [0.2, 0.25) is 0 Å². The molecule has 0 rings (SSSR count). The van der Waals surface area contributed by atoms with Crippen LogP contribution in [0.15, 0.2) is 0 Å². The molecule has 7 heavy (non-hydrogen) atoms. The lowest BCUT2D eigenvalue weighted by Gasteiger charge is -2.13. The van der Waals surface area contributed by atoms with Gasteiger partial charge in [0, 0.05) is 6.42 Å². The maximum atomic E-state index is 3.62. The molecule has 0 fully saturated rings. The summed E-state index contributed by atoms with van der Waals surface area (Å²) in [6.45, 7) is 1.02. The second kappa shape index (κ2) is 4.55. The summed E-state index contributed by atoms with van der Waals surface area (Å²) in [7, 11) is 8.20. The van der Waals surface area contributed by atoms with Gasteiger partial charge in [0.05, 0.1) is 0 Å². The standard InChI is InChI=1S/C5H13OP/c1-6(2)4-3-5-7/h1,3-5,7H2,2H3. The highest BCUT2D eigenvalue weighted by Gasteiger charge is 1.83. The average molecular weight is 120 g/mol. The van der Waals surface area contributed by atoms with E-state index in [1.807, 2.05) is 7.11 Å². The molecule has 0 N–H and O–H groups in total. The van der Waals surface area contributed by atoms with Crippen molar-refractivity contribution < 1.29 is 4.37 Å². The van der Waals surface area contributed by atoms with Gasteiger partial charge >= 0.3 is 0 Å². The van der Waals surface area contributed by atoms with Crippen molar-refractivity contribution in [1.29, 1.82) is 0 Å². The molecule has 0 aliphatic heterocycles. The highest BCUT2D eigenvalue weighted by molar-refractivity contribution is 7.16. The summed E-state index contributed by atoms with van der Waals surface area (Å²) in [5.74, 6) is 0. The second-order valence-electron chi connectivity index (χ2n) is 1.63. The van der Waals surface area contributed by atoms with Crippen LogP contribution in [0.25, 0.3) is 0 Å². The minimum absolute atomic E-state index is 1.02. The van der Waals surface area contributed by atoms with Gasteiger partial charge in [-0.15, -0.1) is 9.24 Å². The molecule has 44 valence electrons. The van der Waals surface area contributed by atoms with Gasteiger partial charge in [-0.2, -0.15) is 0 Å². The Balaban J connectivity index is 2.68. The Morgan fingerprint density at radius 2 is 2.29 bits per heavy atom. The first kappa shape index (κ1) is 7.39. The van der Waals surface area contributed by atoms with E-state index in [2.05, 4.69) is 20.7 Å². The van der Waals surface area contributed by atoms with Crippen LogP contribution in [0.1, 0.15) is 6.42 Å². The zero-order valence-electron chi connectivity index (χ0n) is 4.81. The molecule has 0 aliphatic rings. The van der Waals surface area contributed by atoms with E-state index >= 15 is 0 Å². The van der Waals surface area contributed by atoms with Crippen LogP contribution in [-0.4, -0.2) is 19.9 Å². The topological polar surface area (TPSA) is 2.70 Å². The van der Waals surface area contributed by atoms with E-state index in [1.165, 1.54) is 6.42 Å². The predicted octanol–water partition coefficient (Wildman–Crippen LogP) is 1.23. The van der Waals surface area contributed by atoms with Crippen molar-refractivity contribution in [3.05, 3.63) is 7.11 Å². The fourth-order valence-corrected chi connectivity index (χ4v) is 0.496. The molecule has 0 amide bonds. The van der Waals surface area contributed by atoms with Crippen molar-refractivity contribution in [3.63, 3.8) is 0 Å². The first-order chi connectivity index (χ1) is 3.27. The summed E-state index contributed by atoms with van der Waals surface area (Å²) in [6, 6.07) is 0. The zero-order valence-corrected chi connectivity index (χ0v) is 5.97. The molecule has 0 bridgehead atoms. The van der Waals surface area contributed by atoms with Crippen molar-refractivity contribution in [2.45, 2.75) is 6.42 Å². The molecule has 0 saturated heterocycles. The fourth-order valence-electron chi connectivity index (χ4n) is 0.330. The van der Waals surface area contributed by atoms with Crippen LogP contribution in [0.3, 0.4) is 0 Å². The van der Waals surface area contributed by atoms with E-state index in [0.29, 0.717) is 0 Å². The molecule has 1 atom stereocenters. The normalized spacial score (nSPS) is 10.3. The minimum atomic E-state index is 1.02. The Bertz CT molecular complexity index is 37.1. The summed E-state index contributed by atoms with van der Waals surface area (Å²) in [5.41, 5.74) is 0. The third-order valence-electron chi connectivity index (χ3n) is 0.697. The third-order valence-corrected chi connectivity index (χ3v) is 1.11. The highest BCUT2D eigenvalue weighted by Crippen LogP contribution is 1.92. The van der Waals surface area contributed by atoms with Gasteiger partial charge in [0.1, 0.15) is 13.7 Å². The summed E-state index contributed by atoms with van der Waals surface area (Å²) < 4.78 is 2.60. The Labute approximate surface area is 48.0 Å². The van der Waals surface area contributed by atoms with Gasteiger partial charge in [-0.05, 0) is 6.16 Å². The number of rotatable bonds is 3. The maximum absolute atomic E-state index is 3.62. The van der Waals surface area contributed by atoms with Crippen LogP contribution in [0.4, 0.5) is 0 Å². The third kappa shape index (κ3) is 6.39. The molecule has 1 nitrogen and oxygen atoms in total. The van der Waals surface area contributed by atoms with Crippen LogP contribution in [-0.2, 0) is 4.37 Å². The van der Waals surface area contributed by atoms with Crippen LogP contribution in [0, 0.1) is 7.11 Å². The first-order valence-electron chi connectivity index (χ1n) is 2.39. The van der Waals surface area contributed by atoms with Crippen LogP contribution >= 0.6 is 9.24 Å². The van der Waals surface area contributed by atoms with E-state index in [-0.39, 0.29) is 0 Å². The highest BCUT2D eigenvalue weighted by atomic mass is 31.0. The molecule has 0 radical (unpaired) electrons. The van der Waals surface area contributed by atoms with Gasteiger partial charge in [0.15, 0.2) is 0 Å². The van der Waals surface area contributed by atoms with Crippen LogP contribution in [0.5, 0.6) is 0 Å². The molecular formula is C5H13OP. The SMILES string of the molecule is [CH2-][O+](C)CCCP. The van der Waals surface area contributed by atoms with Gasteiger partial charge in [-0.1, -0.05) is 7.11 Å². The van der Waals surface area contributed by atoms with E-state index in [9.17, 15) is 0 Å². The molecule has 0 heterocycles. The van der Waals surface area contributed by atoms with Crippen molar-refractivity contribution in [2.75, 3.05) is 19.9 Å². The lowest BCUT2D eigenvalue weighted by Crippen LogP contribution is -2.00. The summed E-state index contributed by atoms with van der Waals surface area (Å²) in [5, 5.41) is 0. The van der Waals surface area contributed by atoms with E-state index in [0.717, 1.165) is 12.8 Å². The van der Waals surface area contributed by atoms with Crippen molar-refractivity contribution in [1.82, 2.24) is 0 Å². The number of hydrogen-bond donors (Lipinski definition) is 0. The summed E-state index contributed by atoms with van der Waals surface area (Å²) in [4.78, 5) is 0. The zero-order chi connectivity index (χ0) is 5.70. The molecule has 0 spiro atoms. The minimum Gasteiger partial charge on any atom is -0.573 e. The van der Waals surface area contributed by atoms with Gasteiger partial charge in [-0.3, -0.25) is 0 Å². The Kier molecular flexibility index (Phi) is 4.80. The quantitative estimate of drug-likeness (QED) is 0.299. The predicted molar refractivity (Wildman–Crippen MR) is 36.4 cm³/mol. The first-order valence-corrected chi connectivity index (χ1v) is 3.21. The Morgan fingerprint density at radius 1 is 1.71 bits per heavy atom. The van der Waals surface area contributed by atoms with E-state index < -0.39 is 0 Å². The smallest absolute Gasteiger partial charge is 0.120 e. The van der Waals surface area contributed by atoms with Crippen LogP contribution in [0.2, 0.25) is 0 Å².